The highest BCUT2D eigenvalue weighted by molar-refractivity contribution is 5.83. The second-order valence-corrected chi connectivity index (χ2v) is 6.89. The van der Waals surface area contributed by atoms with Crippen LogP contribution in [0.15, 0.2) is 33.8 Å². The smallest absolute Gasteiger partial charge is 0.278 e. The summed E-state index contributed by atoms with van der Waals surface area (Å²) < 4.78 is 33.4. The van der Waals surface area contributed by atoms with Crippen LogP contribution in [0.3, 0.4) is 0 Å². The number of methoxy groups -OCH3 is 1. The van der Waals surface area contributed by atoms with Gasteiger partial charge < -0.3 is 18.6 Å². The average Bonchev–Trinajstić information content (AvgIpc) is 3.47. The van der Waals surface area contributed by atoms with Crippen LogP contribution >= 0.6 is 0 Å². The Morgan fingerprint density at radius 1 is 1.34 bits per heavy atom. The van der Waals surface area contributed by atoms with E-state index in [9.17, 15) is 9.18 Å². The monoisotopic (exact) mass is 399 g/mol. The number of hydrogen-bond donors (Lipinski definition) is 0. The standard InChI is InChI=1S/C19H18FN5O4/c1-27-8-6-24-15-12(20)3-2-4-13(15)25-10-21-14(16(25)19(24)26)18-22-17(23-29-18)11-5-7-28-9-11/h2-4,10-11H,5-9H2,1H3. The Bertz CT molecular complexity index is 1250. The fourth-order valence-electron chi connectivity index (χ4n) is 3.72. The number of fused-ring (bicyclic) bond motifs is 3. The molecule has 9 nitrogen and oxygen atoms in total. The van der Waals surface area contributed by atoms with Crippen molar-refractivity contribution in [1.29, 1.82) is 0 Å². The Balaban J connectivity index is 1.73. The first-order chi connectivity index (χ1) is 14.2. The SMILES string of the molecule is COCCn1c(=O)c2c(-c3nc(C4CCOC4)no3)ncn2c2cccc(F)c21. The Morgan fingerprint density at radius 3 is 3.03 bits per heavy atom. The zero-order valence-electron chi connectivity index (χ0n) is 15.7. The van der Waals surface area contributed by atoms with Crippen LogP contribution in [0, 0.1) is 5.82 Å². The lowest BCUT2D eigenvalue weighted by Crippen LogP contribution is -2.25. The lowest BCUT2D eigenvalue weighted by Gasteiger charge is -2.12. The minimum Gasteiger partial charge on any atom is -0.383 e. The molecule has 0 N–H and O–H groups in total. The number of aromatic nitrogens is 5. The van der Waals surface area contributed by atoms with Gasteiger partial charge in [0.2, 0.25) is 0 Å². The van der Waals surface area contributed by atoms with E-state index in [2.05, 4.69) is 15.1 Å². The van der Waals surface area contributed by atoms with Crippen molar-refractivity contribution in [2.24, 2.45) is 0 Å². The lowest BCUT2D eigenvalue weighted by molar-refractivity contribution is 0.187. The minimum absolute atomic E-state index is 0.0645. The number of ether oxygens (including phenoxy) is 2. The van der Waals surface area contributed by atoms with Crippen LogP contribution < -0.4 is 5.56 Å². The van der Waals surface area contributed by atoms with Crippen LogP contribution in [-0.4, -0.2) is 51.0 Å². The molecular weight excluding hydrogens is 381 g/mol. The molecule has 0 spiro atoms. The summed E-state index contributed by atoms with van der Waals surface area (Å²) in [7, 11) is 1.53. The molecule has 0 bridgehead atoms. The molecule has 0 radical (unpaired) electrons. The van der Waals surface area contributed by atoms with Gasteiger partial charge in [0.1, 0.15) is 23.2 Å². The molecule has 0 amide bonds. The van der Waals surface area contributed by atoms with E-state index >= 15 is 0 Å². The number of nitrogens with zero attached hydrogens (tertiary/aromatic N) is 5. The first kappa shape index (κ1) is 18.0. The average molecular weight is 399 g/mol. The maximum Gasteiger partial charge on any atom is 0.278 e. The van der Waals surface area contributed by atoms with Gasteiger partial charge in [-0.05, 0) is 18.6 Å². The maximum absolute atomic E-state index is 14.6. The van der Waals surface area contributed by atoms with Gasteiger partial charge in [-0.25, -0.2) is 9.37 Å². The van der Waals surface area contributed by atoms with E-state index in [4.69, 9.17) is 14.0 Å². The maximum atomic E-state index is 14.6. The molecule has 5 rings (SSSR count). The van der Waals surface area contributed by atoms with E-state index < -0.39 is 11.4 Å². The van der Waals surface area contributed by atoms with E-state index in [0.29, 0.717) is 24.6 Å². The van der Waals surface area contributed by atoms with E-state index in [1.807, 2.05) is 0 Å². The summed E-state index contributed by atoms with van der Waals surface area (Å²) in [5.74, 6) is 0.259. The minimum atomic E-state index is -0.492. The van der Waals surface area contributed by atoms with Gasteiger partial charge in [-0.3, -0.25) is 9.20 Å². The van der Waals surface area contributed by atoms with E-state index in [-0.39, 0.29) is 41.7 Å². The van der Waals surface area contributed by atoms with Crippen molar-refractivity contribution >= 4 is 16.6 Å². The third-order valence-electron chi connectivity index (χ3n) is 5.17. The highest BCUT2D eigenvalue weighted by atomic mass is 19.1. The molecule has 1 aliphatic rings. The van der Waals surface area contributed by atoms with Gasteiger partial charge in [0.15, 0.2) is 11.5 Å². The third-order valence-corrected chi connectivity index (χ3v) is 5.17. The highest BCUT2D eigenvalue weighted by Gasteiger charge is 2.26. The Kier molecular flexibility index (Phi) is 4.36. The first-order valence-corrected chi connectivity index (χ1v) is 9.27. The van der Waals surface area contributed by atoms with Crippen molar-refractivity contribution in [2.45, 2.75) is 18.9 Å². The lowest BCUT2D eigenvalue weighted by atomic mass is 10.1. The van der Waals surface area contributed by atoms with Gasteiger partial charge in [-0.2, -0.15) is 4.98 Å². The Hall–Kier alpha value is -3.11. The third kappa shape index (κ3) is 2.83. The van der Waals surface area contributed by atoms with Crippen LogP contribution in [0.4, 0.5) is 4.39 Å². The van der Waals surface area contributed by atoms with Gasteiger partial charge in [0.25, 0.3) is 11.4 Å². The number of benzene rings is 1. The van der Waals surface area contributed by atoms with E-state index in [1.54, 1.807) is 16.5 Å². The van der Waals surface area contributed by atoms with Crippen molar-refractivity contribution in [3.8, 4) is 11.6 Å². The summed E-state index contributed by atoms with van der Waals surface area (Å²) in [5, 5.41) is 4.03. The molecule has 29 heavy (non-hydrogen) atoms. The molecule has 3 aromatic heterocycles. The molecule has 1 unspecified atom stereocenters. The molecular formula is C19H18FN5O4. The largest absolute Gasteiger partial charge is 0.383 e. The van der Waals surface area contributed by atoms with Crippen molar-refractivity contribution in [3.05, 3.63) is 46.5 Å². The molecule has 0 saturated carbocycles. The molecule has 10 heteroatoms. The predicted molar refractivity (Wildman–Crippen MR) is 100 cm³/mol. The van der Waals surface area contributed by atoms with Crippen LogP contribution in [0.1, 0.15) is 18.2 Å². The fourth-order valence-corrected chi connectivity index (χ4v) is 3.72. The number of hydrogen-bond acceptors (Lipinski definition) is 7. The van der Waals surface area contributed by atoms with E-state index in [0.717, 1.165) is 6.42 Å². The zero-order chi connectivity index (χ0) is 20.0. The molecule has 1 aromatic carbocycles. The van der Waals surface area contributed by atoms with Crippen LogP contribution in [0.2, 0.25) is 0 Å². The second kappa shape index (κ2) is 7.05. The van der Waals surface area contributed by atoms with Gasteiger partial charge in [0, 0.05) is 26.2 Å². The van der Waals surface area contributed by atoms with Crippen molar-refractivity contribution < 1.29 is 18.4 Å². The van der Waals surface area contributed by atoms with Crippen molar-refractivity contribution in [3.63, 3.8) is 0 Å². The van der Waals surface area contributed by atoms with Gasteiger partial charge in [0.05, 0.1) is 18.7 Å². The molecule has 1 fully saturated rings. The van der Waals surface area contributed by atoms with Crippen molar-refractivity contribution in [2.75, 3.05) is 26.9 Å². The molecule has 0 aliphatic carbocycles. The molecule has 1 saturated heterocycles. The number of halogens is 1. The number of rotatable bonds is 5. The molecule has 1 aliphatic heterocycles. The summed E-state index contributed by atoms with van der Waals surface area (Å²) in [4.78, 5) is 22.1. The Labute approximate surface area is 163 Å². The summed E-state index contributed by atoms with van der Waals surface area (Å²) in [6.07, 6.45) is 2.29. The van der Waals surface area contributed by atoms with Crippen LogP contribution in [0.25, 0.3) is 28.1 Å². The first-order valence-electron chi connectivity index (χ1n) is 9.27. The van der Waals surface area contributed by atoms with Gasteiger partial charge in [-0.15, -0.1) is 0 Å². The number of imidazole rings is 1. The summed E-state index contributed by atoms with van der Waals surface area (Å²) in [6.45, 7) is 1.65. The Morgan fingerprint density at radius 2 is 2.24 bits per heavy atom. The van der Waals surface area contributed by atoms with Gasteiger partial charge in [-0.1, -0.05) is 11.2 Å². The second-order valence-electron chi connectivity index (χ2n) is 6.89. The summed E-state index contributed by atoms with van der Waals surface area (Å²) in [6, 6.07) is 4.64. The molecule has 1 atom stereocenters. The highest BCUT2D eigenvalue weighted by Crippen LogP contribution is 2.27. The summed E-state index contributed by atoms with van der Waals surface area (Å²) in [5.41, 5.74) is 0.817. The van der Waals surface area contributed by atoms with Crippen LogP contribution in [-0.2, 0) is 16.0 Å². The molecule has 150 valence electrons. The normalized spacial score (nSPS) is 17.0. The quantitative estimate of drug-likeness (QED) is 0.506. The molecule has 4 aromatic rings. The topological polar surface area (TPSA) is 96.7 Å². The zero-order valence-corrected chi connectivity index (χ0v) is 15.7. The van der Waals surface area contributed by atoms with Gasteiger partial charge >= 0.3 is 0 Å². The van der Waals surface area contributed by atoms with E-state index in [1.165, 1.54) is 24.1 Å². The summed E-state index contributed by atoms with van der Waals surface area (Å²) >= 11 is 0. The van der Waals surface area contributed by atoms with Crippen molar-refractivity contribution in [1.82, 2.24) is 24.1 Å². The molecule has 4 heterocycles. The fraction of sp³-hybridized carbons (Fsp3) is 0.368. The predicted octanol–water partition coefficient (Wildman–Crippen LogP) is 1.99. The number of para-hydroxylation sites is 1. The van der Waals surface area contributed by atoms with Crippen LogP contribution in [0.5, 0.6) is 0 Å².